The van der Waals surface area contributed by atoms with Gasteiger partial charge in [0.25, 0.3) is 0 Å². The molecule has 0 bridgehead atoms. The van der Waals surface area contributed by atoms with E-state index in [4.69, 9.17) is 19.9 Å². The van der Waals surface area contributed by atoms with E-state index in [1.54, 1.807) is 7.11 Å². The SMILES string of the molecule is COc1cccc(C(OCC2CCCCO2)C(C)N)c1. The highest BCUT2D eigenvalue weighted by Crippen LogP contribution is 2.25. The van der Waals surface area contributed by atoms with Crippen molar-refractivity contribution in [1.82, 2.24) is 0 Å². The molecule has 4 nitrogen and oxygen atoms in total. The fourth-order valence-electron chi connectivity index (χ4n) is 2.52. The van der Waals surface area contributed by atoms with Gasteiger partial charge in [-0.05, 0) is 43.9 Å². The van der Waals surface area contributed by atoms with E-state index in [1.807, 2.05) is 31.2 Å². The van der Waals surface area contributed by atoms with Crippen LogP contribution < -0.4 is 10.5 Å². The minimum absolute atomic E-state index is 0.0781. The summed E-state index contributed by atoms with van der Waals surface area (Å²) in [5.41, 5.74) is 7.12. The summed E-state index contributed by atoms with van der Waals surface area (Å²) in [5, 5.41) is 0. The second kappa shape index (κ2) is 7.62. The van der Waals surface area contributed by atoms with Crippen molar-refractivity contribution in [3.8, 4) is 5.75 Å². The first-order chi connectivity index (χ1) is 9.70. The molecule has 20 heavy (non-hydrogen) atoms. The molecular weight excluding hydrogens is 254 g/mol. The molecule has 0 radical (unpaired) electrons. The van der Waals surface area contributed by atoms with E-state index in [-0.39, 0.29) is 18.2 Å². The maximum Gasteiger partial charge on any atom is 0.119 e. The van der Waals surface area contributed by atoms with Crippen LogP contribution in [0.25, 0.3) is 0 Å². The first-order valence-electron chi connectivity index (χ1n) is 7.33. The summed E-state index contributed by atoms with van der Waals surface area (Å²) in [4.78, 5) is 0. The fourth-order valence-corrected chi connectivity index (χ4v) is 2.52. The van der Waals surface area contributed by atoms with Crippen LogP contribution in [0.2, 0.25) is 0 Å². The van der Waals surface area contributed by atoms with Crippen LogP contribution in [0.5, 0.6) is 5.75 Å². The van der Waals surface area contributed by atoms with Crippen molar-refractivity contribution in [3.05, 3.63) is 29.8 Å². The summed E-state index contributed by atoms with van der Waals surface area (Å²) in [6, 6.07) is 7.81. The Labute approximate surface area is 121 Å². The van der Waals surface area contributed by atoms with Crippen LogP contribution in [0.1, 0.15) is 37.9 Å². The number of rotatable bonds is 6. The Morgan fingerprint density at radius 2 is 2.25 bits per heavy atom. The first-order valence-corrected chi connectivity index (χ1v) is 7.33. The number of nitrogens with two attached hydrogens (primary N) is 1. The summed E-state index contributed by atoms with van der Waals surface area (Å²) in [6.07, 6.45) is 3.52. The normalized spacial score (nSPS) is 22.2. The lowest BCUT2D eigenvalue weighted by molar-refractivity contribution is -0.0681. The van der Waals surface area contributed by atoms with Gasteiger partial charge in [0.05, 0.1) is 25.9 Å². The summed E-state index contributed by atoms with van der Waals surface area (Å²) in [6.45, 7) is 3.41. The maximum absolute atomic E-state index is 6.07. The molecule has 0 saturated carbocycles. The third-order valence-corrected chi connectivity index (χ3v) is 3.64. The Hall–Kier alpha value is -1.10. The highest BCUT2D eigenvalue weighted by Gasteiger charge is 2.21. The fraction of sp³-hybridized carbons (Fsp3) is 0.625. The van der Waals surface area contributed by atoms with Gasteiger partial charge >= 0.3 is 0 Å². The van der Waals surface area contributed by atoms with Gasteiger partial charge in [-0.15, -0.1) is 0 Å². The zero-order chi connectivity index (χ0) is 14.4. The molecule has 0 amide bonds. The lowest BCUT2D eigenvalue weighted by Crippen LogP contribution is -2.31. The van der Waals surface area contributed by atoms with Crippen LogP contribution in [0.3, 0.4) is 0 Å². The minimum Gasteiger partial charge on any atom is -0.497 e. The van der Waals surface area contributed by atoms with Crippen molar-refractivity contribution in [2.75, 3.05) is 20.3 Å². The molecule has 1 aliphatic rings. The molecule has 0 aromatic heterocycles. The molecule has 0 spiro atoms. The van der Waals surface area contributed by atoms with E-state index < -0.39 is 0 Å². The van der Waals surface area contributed by atoms with Crippen molar-refractivity contribution >= 4 is 0 Å². The van der Waals surface area contributed by atoms with Gasteiger partial charge in [0, 0.05) is 12.6 Å². The Bertz CT molecular complexity index is 402. The van der Waals surface area contributed by atoms with Crippen LogP contribution in [-0.2, 0) is 9.47 Å². The van der Waals surface area contributed by atoms with E-state index in [9.17, 15) is 0 Å². The lowest BCUT2D eigenvalue weighted by atomic mass is 10.0. The highest BCUT2D eigenvalue weighted by atomic mass is 16.5. The zero-order valence-corrected chi connectivity index (χ0v) is 12.4. The average Bonchev–Trinajstić information content (AvgIpc) is 2.48. The predicted octanol–water partition coefficient (Wildman–Crippen LogP) is 2.67. The standard InChI is InChI=1S/C16H25NO3/c1-12(17)16(13-6-5-8-14(10-13)18-2)20-11-15-7-3-4-9-19-15/h5-6,8,10,12,15-16H,3-4,7,9,11,17H2,1-2H3. The van der Waals surface area contributed by atoms with Crippen LogP contribution in [0.4, 0.5) is 0 Å². The second-order valence-corrected chi connectivity index (χ2v) is 5.38. The third-order valence-electron chi connectivity index (χ3n) is 3.64. The Balaban J connectivity index is 1.98. The average molecular weight is 279 g/mol. The summed E-state index contributed by atoms with van der Waals surface area (Å²) in [5.74, 6) is 0.825. The zero-order valence-electron chi connectivity index (χ0n) is 12.4. The molecule has 1 fully saturated rings. The van der Waals surface area contributed by atoms with Crippen LogP contribution >= 0.6 is 0 Å². The summed E-state index contributed by atoms with van der Waals surface area (Å²) in [7, 11) is 1.66. The number of methoxy groups -OCH3 is 1. The van der Waals surface area contributed by atoms with Gasteiger partial charge in [0.2, 0.25) is 0 Å². The van der Waals surface area contributed by atoms with Crippen molar-refractivity contribution in [2.24, 2.45) is 5.73 Å². The van der Waals surface area contributed by atoms with Crippen molar-refractivity contribution in [3.63, 3.8) is 0 Å². The third kappa shape index (κ3) is 4.20. The molecule has 4 heteroatoms. The van der Waals surface area contributed by atoms with Gasteiger partial charge in [0.15, 0.2) is 0 Å². The number of ether oxygens (including phenoxy) is 3. The molecule has 1 heterocycles. The molecule has 1 aromatic rings. The largest absolute Gasteiger partial charge is 0.497 e. The van der Waals surface area contributed by atoms with Crippen LogP contribution in [0.15, 0.2) is 24.3 Å². The molecular formula is C16H25NO3. The molecule has 112 valence electrons. The highest BCUT2D eigenvalue weighted by molar-refractivity contribution is 5.30. The smallest absolute Gasteiger partial charge is 0.119 e. The van der Waals surface area contributed by atoms with Crippen LogP contribution in [-0.4, -0.2) is 32.5 Å². The minimum atomic E-state index is -0.129. The molecule has 1 aromatic carbocycles. The Morgan fingerprint density at radius 3 is 2.90 bits per heavy atom. The molecule has 3 unspecified atom stereocenters. The topological polar surface area (TPSA) is 53.7 Å². The Kier molecular flexibility index (Phi) is 5.83. The van der Waals surface area contributed by atoms with Crippen molar-refractivity contribution in [2.45, 2.75) is 44.4 Å². The molecule has 1 saturated heterocycles. The van der Waals surface area contributed by atoms with Gasteiger partial charge in [-0.2, -0.15) is 0 Å². The maximum atomic E-state index is 6.07. The second-order valence-electron chi connectivity index (χ2n) is 5.38. The van der Waals surface area contributed by atoms with E-state index in [0.717, 1.165) is 30.8 Å². The van der Waals surface area contributed by atoms with E-state index in [1.165, 1.54) is 6.42 Å². The van der Waals surface area contributed by atoms with Crippen LogP contribution in [0, 0.1) is 0 Å². The summed E-state index contributed by atoms with van der Waals surface area (Å²) >= 11 is 0. The van der Waals surface area contributed by atoms with E-state index in [0.29, 0.717) is 6.61 Å². The van der Waals surface area contributed by atoms with E-state index >= 15 is 0 Å². The Morgan fingerprint density at radius 1 is 1.40 bits per heavy atom. The van der Waals surface area contributed by atoms with Gasteiger partial charge in [0.1, 0.15) is 5.75 Å². The molecule has 1 aliphatic heterocycles. The predicted molar refractivity (Wildman–Crippen MR) is 78.9 cm³/mol. The van der Waals surface area contributed by atoms with Gasteiger partial charge < -0.3 is 19.9 Å². The van der Waals surface area contributed by atoms with Crippen molar-refractivity contribution < 1.29 is 14.2 Å². The molecule has 3 atom stereocenters. The lowest BCUT2D eigenvalue weighted by Gasteiger charge is -2.27. The first kappa shape index (κ1) is 15.3. The van der Waals surface area contributed by atoms with Gasteiger partial charge in [-0.25, -0.2) is 0 Å². The monoisotopic (exact) mass is 279 g/mol. The van der Waals surface area contributed by atoms with Crippen molar-refractivity contribution in [1.29, 1.82) is 0 Å². The number of hydrogen-bond donors (Lipinski definition) is 1. The number of hydrogen-bond acceptors (Lipinski definition) is 4. The molecule has 2 N–H and O–H groups in total. The van der Waals surface area contributed by atoms with Gasteiger partial charge in [-0.1, -0.05) is 12.1 Å². The molecule has 0 aliphatic carbocycles. The number of benzene rings is 1. The molecule has 2 rings (SSSR count). The van der Waals surface area contributed by atoms with Gasteiger partial charge in [-0.3, -0.25) is 0 Å². The van der Waals surface area contributed by atoms with E-state index in [2.05, 4.69) is 0 Å². The quantitative estimate of drug-likeness (QED) is 0.870. The summed E-state index contributed by atoms with van der Waals surface area (Å²) < 4.78 is 17.0.